The van der Waals surface area contributed by atoms with Crippen molar-refractivity contribution in [2.75, 3.05) is 0 Å². The minimum absolute atomic E-state index is 0.147. The van der Waals surface area contributed by atoms with Crippen LogP contribution in [0.3, 0.4) is 0 Å². The molecule has 0 bridgehead atoms. The van der Waals surface area contributed by atoms with E-state index in [-0.39, 0.29) is 22.5 Å². The highest BCUT2D eigenvalue weighted by Gasteiger charge is 2.30. The number of rotatable bonds is 3. The van der Waals surface area contributed by atoms with Crippen molar-refractivity contribution in [3.8, 4) is 11.3 Å². The first-order valence-electron chi connectivity index (χ1n) is 7.18. The van der Waals surface area contributed by atoms with Crippen LogP contribution in [0.25, 0.3) is 16.9 Å². The highest BCUT2D eigenvalue weighted by atomic mass is 16.4. The molecule has 3 N–H and O–H groups in total. The van der Waals surface area contributed by atoms with Gasteiger partial charge in [0.05, 0.1) is 5.56 Å². The van der Waals surface area contributed by atoms with Gasteiger partial charge in [0.15, 0.2) is 0 Å². The molecule has 0 aliphatic carbocycles. The number of carbonyl (C=O) groups is 4. The number of amides is 4. The number of hydrogen-bond acceptors (Lipinski definition) is 5. The molecule has 2 aromatic rings. The van der Waals surface area contributed by atoms with Crippen molar-refractivity contribution in [1.82, 2.24) is 10.6 Å². The summed E-state index contributed by atoms with van der Waals surface area (Å²) >= 11 is 0. The van der Waals surface area contributed by atoms with Crippen molar-refractivity contribution in [2.45, 2.75) is 6.92 Å². The largest absolute Gasteiger partial charge is 0.478 e. The Labute approximate surface area is 141 Å². The molecule has 0 unspecified atom stereocenters. The molecule has 1 aliphatic heterocycles. The van der Waals surface area contributed by atoms with Crippen LogP contribution in [0.5, 0.6) is 0 Å². The fourth-order valence-corrected chi connectivity index (χ4v) is 2.40. The second kappa shape index (κ2) is 6.08. The molecular weight excluding hydrogens is 328 g/mol. The zero-order chi connectivity index (χ0) is 18.1. The van der Waals surface area contributed by atoms with Gasteiger partial charge in [0, 0.05) is 11.1 Å². The smallest absolute Gasteiger partial charge is 0.335 e. The number of carboxylic acid groups (broad SMARTS) is 1. The molecule has 0 radical (unpaired) electrons. The summed E-state index contributed by atoms with van der Waals surface area (Å²) in [7, 11) is 0. The number of imide groups is 2. The normalized spacial score (nSPS) is 14.1. The third-order valence-corrected chi connectivity index (χ3v) is 3.68. The Morgan fingerprint density at radius 2 is 1.56 bits per heavy atom. The predicted octanol–water partition coefficient (Wildman–Crippen LogP) is 1.78. The lowest BCUT2D eigenvalue weighted by atomic mass is 10.0. The number of carbonyl (C=O) groups excluding carboxylic acids is 3. The Bertz CT molecular complexity index is 914. The monoisotopic (exact) mass is 340 g/mol. The summed E-state index contributed by atoms with van der Waals surface area (Å²) in [6, 6.07) is 8.42. The fourth-order valence-electron chi connectivity index (χ4n) is 2.40. The number of nitrogens with one attached hydrogen (secondary N) is 2. The van der Waals surface area contributed by atoms with Crippen molar-refractivity contribution < 1.29 is 28.7 Å². The number of furan rings is 1. The first-order chi connectivity index (χ1) is 11.9. The van der Waals surface area contributed by atoms with E-state index in [1.165, 1.54) is 19.1 Å². The van der Waals surface area contributed by atoms with Gasteiger partial charge in [0.25, 0.3) is 11.8 Å². The number of benzene rings is 1. The van der Waals surface area contributed by atoms with Crippen LogP contribution >= 0.6 is 0 Å². The van der Waals surface area contributed by atoms with Crippen LogP contribution in [0.15, 0.2) is 46.4 Å². The summed E-state index contributed by atoms with van der Waals surface area (Å²) in [5, 5.41) is 12.9. The van der Waals surface area contributed by atoms with Gasteiger partial charge in [-0.15, -0.1) is 0 Å². The van der Waals surface area contributed by atoms with Crippen LogP contribution < -0.4 is 10.6 Å². The zero-order valence-corrected chi connectivity index (χ0v) is 13.0. The number of hydrogen-bond donors (Lipinski definition) is 3. The van der Waals surface area contributed by atoms with Gasteiger partial charge in [0.1, 0.15) is 17.1 Å². The summed E-state index contributed by atoms with van der Waals surface area (Å²) < 4.78 is 5.66. The number of urea groups is 1. The third-order valence-electron chi connectivity index (χ3n) is 3.68. The van der Waals surface area contributed by atoms with Crippen molar-refractivity contribution in [2.24, 2.45) is 0 Å². The lowest BCUT2D eigenvalue weighted by Crippen LogP contribution is -2.51. The summed E-state index contributed by atoms with van der Waals surface area (Å²) in [6.45, 7) is 1.53. The molecule has 8 nitrogen and oxygen atoms in total. The SMILES string of the molecule is CC(=C1C(=O)NC(=O)NC1=O)c1ccc(-c2ccc(C(=O)O)cc2)o1. The Morgan fingerprint density at radius 3 is 2.12 bits per heavy atom. The van der Waals surface area contributed by atoms with E-state index in [1.807, 2.05) is 10.6 Å². The molecule has 126 valence electrons. The predicted molar refractivity (Wildman–Crippen MR) is 85.4 cm³/mol. The van der Waals surface area contributed by atoms with Gasteiger partial charge in [0.2, 0.25) is 0 Å². The van der Waals surface area contributed by atoms with E-state index < -0.39 is 23.8 Å². The Balaban J connectivity index is 1.94. The van der Waals surface area contributed by atoms with E-state index in [9.17, 15) is 19.2 Å². The standard InChI is InChI=1S/C17H12N2O6/c1-8(13-14(20)18-17(24)19-15(13)21)11-6-7-12(25-11)9-2-4-10(5-3-9)16(22)23/h2-7H,1H3,(H,22,23)(H2,18,19,20,21,24). The van der Waals surface area contributed by atoms with Crippen molar-refractivity contribution >= 4 is 29.4 Å². The molecule has 1 fully saturated rings. The van der Waals surface area contributed by atoms with Gasteiger partial charge in [-0.05, 0) is 31.2 Å². The van der Waals surface area contributed by atoms with Crippen molar-refractivity contribution in [1.29, 1.82) is 0 Å². The molecule has 4 amide bonds. The number of aromatic carboxylic acids is 1. The topological polar surface area (TPSA) is 126 Å². The first kappa shape index (κ1) is 16.2. The average molecular weight is 340 g/mol. The van der Waals surface area contributed by atoms with Gasteiger partial charge < -0.3 is 9.52 Å². The molecule has 25 heavy (non-hydrogen) atoms. The zero-order valence-electron chi connectivity index (χ0n) is 13.0. The number of carboxylic acids is 1. The van der Waals surface area contributed by atoms with E-state index >= 15 is 0 Å². The van der Waals surface area contributed by atoms with Crippen LogP contribution in [0.2, 0.25) is 0 Å². The molecule has 1 saturated heterocycles. The molecular formula is C17H12N2O6. The quantitative estimate of drug-likeness (QED) is 0.577. The molecule has 1 aromatic heterocycles. The minimum Gasteiger partial charge on any atom is -0.478 e. The second-order valence-electron chi connectivity index (χ2n) is 5.28. The molecule has 2 heterocycles. The van der Waals surface area contributed by atoms with E-state index in [2.05, 4.69) is 0 Å². The van der Waals surface area contributed by atoms with Crippen molar-refractivity contribution in [3.63, 3.8) is 0 Å². The molecule has 0 saturated carbocycles. The van der Waals surface area contributed by atoms with Gasteiger partial charge in [-0.1, -0.05) is 12.1 Å². The second-order valence-corrected chi connectivity index (χ2v) is 5.28. The molecule has 8 heteroatoms. The van der Waals surface area contributed by atoms with E-state index in [0.717, 1.165) is 0 Å². The van der Waals surface area contributed by atoms with E-state index in [4.69, 9.17) is 9.52 Å². The van der Waals surface area contributed by atoms with E-state index in [0.29, 0.717) is 11.3 Å². The molecule has 1 aliphatic rings. The maximum absolute atomic E-state index is 11.9. The molecule has 1 aromatic carbocycles. The van der Waals surface area contributed by atoms with Crippen LogP contribution in [0.1, 0.15) is 23.0 Å². The Kier molecular flexibility index (Phi) is 3.94. The summed E-state index contributed by atoms with van der Waals surface area (Å²) in [5.74, 6) is -1.90. The van der Waals surface area contributed by atoms with Gasteiger partial charge in [-0.3, -0.25) is 20.2 Å². The average Bonchev–Trinajstić information content (AvgIpc) is 3.04. The maximum atomic E-state index is 11.9. The van der Waals surface area contributed by atoms with Gasteiger partial charge >= 0.3 is 12.0 Å². The fraction of sp³-hybridized carbons (Fsp3) is 0.0588. The number of barbiturate groups is 1. The highest BCUT2D eigenvalue weighted by Crippen LogP contribution is 2.28. The van der Waals surface area contributed by atoms with Crippen LogP contribution in [0, 0.1) is 0 Å². The van der Waals surface area contributed by atoms with Crippen LogP contribution in [-0.4, -0.2) is 28.9 Å². The molecule has 0 atom stereocenters. The van der Waals surface area contributed by atoms with Crippen molar-refractivity contribution in [3.05, 3.63) is 53.3 Å². The number of allylic oxidation sites excluding steroid dienone is 1. The van der Waals surface area contributed by atoms with E-state index in [1.54, 1.807) is 24.3 Å². The van der Waals surface area contributed by atoms with Gasteiger partial charge in [-0.2, -0.15) is 0 Å². The summed E-state index contributed by atoms with van der Waals surface area (Å²) in [4.78, 5) is 45.7. The van der Waals surface area contributed by atoms with Gasteiger partial charge in [-0.25, -0.2) is 9.59 Å². The maximum Gasteiger partial charge on any atom is 0.335 e. The lowest BCUT2D eigenvalue weighted by Gasteiger charge is -2.15. The first-order valence-corrected chi connectivity index (χ1v) is 7.18. The van der Waals surface area contributed by atoms with Crippen LogP contribution in [-0.2, 0) is 9.59 Å². The molecule has 0 spiro atoms. The lowest BCUT2D eigenvalue weighted by molar-refractivity contribution is -0.123. The van der Waals surface area contributed by atoms with Crippen LogP contribution in [0.4, 0.5) is 4.79 Å². The Morgan fingerprint density at radius 1 is 0.960 bits per heavy atom. The Hall–Kier alpha value is -3.68. The minimum atomic E-state index is -1.03. The summed E-state index contributed by atoms with van der Waals surface area (Å²) in [5.41, 5.74) is 0.855. The summed E-state index contributed by atoms with van der Waals surface area (Å²) in [6.07, 6.45) is 0. The third kappa shape index (κ3) is 3.05. The molecule has 3 rings (SSSR count). The highest BCUT2D eigenvalue weighted by molar-refractivity contribution is 6.32.